The van der Waals surface area contributed by atoms with Crippen LogP contribution < -0.4 is 9.47 Å². The number of ether oxygens (including phenoxy) is 2. The minimum Gasteiger partial charge on any atom is -0.504 e. The Kier molecular flexibility index (Phi) is 40.3. The van der Waals surface area contributed by atoms with Gasteiger partial charge in [-0.25, -0.2) is 0 Å². The number of methoxy groups -OCH3 is 1. The first-order valence-electron chi connectivity index (χ1n) is 30.0. The van der Waals surface area contributed by atoms with Gasteiger partial charge in [-0.05, 0) is 195 Å². The fourth-order valence-electron chi connectivity index (χ4n) is 8.39. The van der Waals surface area contributed by atoms with Crippen molar-refractivity contribution in [2.24, 2.45) is 0 Å². The van der Waals surface area contributed by atoms with Gasteiger partial charge in [0.15, 0.2) is 44.8 Å². The Labute approximate surface area is 539 Å². The topological polar surface area (TPSA) is 94.1 Å². The van der Waals surface area contributed by atoms with E-state index in [-0.39, 0.29) is 5.75 Å². The van der Waals surface area contributed by atoms with Crippen molar-refractivity contribution >= 4 is 80.4 Å². The molecule has 0 aliphatic heterocycles. The van der Waals surface area contributed by atoms with Crippen molar-refractivity contribution in [3.05, 3.63) is 249 Å². The van der Waals surface area contributed by atoms with Gasteiger partial charge in [-0.3, -0.25) is 0 Å². The van der Waals surface area contributed by atoms with Gasteiger partial charge in [0.2, 0.25) is 0 Å². The van der Waals surface area contributed by atoms with E-state index in [2.05, 4.69) is 193 Å². The first-order valence-corrected chi connectivity index (χ1v) is 53.9. The lowest BCUT2D eigenvalue weighted by Crippen LogP contribution is -2.57. The fourth-order valence-corrected chi connectivity index (χ4v) is 40.6. The molecule has 0 heterocycles. The van der Waals surface area contributed by atoms with E-state index in [0.717, 1.165) is 36.6 Å². The van der Waals surface area contributed by atoms with Crippen molar-refractivity contribution in [2.75, 3.05) is 13.7 Å². The molecule has 0 aliphatic rings. The standard InChI is InChI=1S/C17H36O3Si4.C10H12O2.C9H28O3Si4.C9H10O.C9H10.2C8H8/c1-21(2,3)18-23(7,8)20-24(9,19-22(4,5)6)16-15-17-13-11-10-12-14-17;1-3-4-8-5-6-9(11)10(7-8)12-2;1-13(10-14(2,3)4)11-16(8,9)12-15(5,6)7;1-2-8-10-9-6-4-3-5-7-9;1-2-6-9-7-4-3-5-8-9;2*1-2-8-6-4-3-5-7-8/h10-14H,15-16H2,1-9H3;3,5-7,11H,1,4H2,2H3;13H,1-9H3;2-7H,1,8H2;2-5,7-8H,1,6H2;2*2-7H,1H2. The highest BCUT2D eigenvalue weighted by atomic mass is 28.5. The molecule has 6 aromatic rings. The Hall–Kier alpha value is -5.08. The smallest absolute Gasteiger partial charge is 0.316 e. The lowest BCUT2D eigenvalue weighted by molar-refractivity contribution is 0.323. The maximum Gasteiger partial charge on any atom is 0.316 e. The van der Waals surface area contributed by atoms with Crippen LogP contribution >= 0.6 is 0 Å². The van der Waals surface area contributed by atoms with Crippen LogP contribution in [0.3, 0.4) is 0 Å². The van der Waals surface area contributed by atoms with Gasteiger partial charge in [-0.2, -0.15) is 0 Å². The molecule has 478 valence electrons. The highest BCUT2D eigenvalue weighted by Gasteiger charge is 2.44. The number of rotatable bonds is 25. The second kappa shape index (κ2) is 42.8. The maximum atomic E-state index is 9.25. The van der Waals surface area contributed by atoms with Crippen molar-refractivity contribution < 1.29 is 39.3 Å². The Balaban J connectivity index is 0.00000103. The molecule has 0 amide bonds. The molecule has 1 N–H and O–H groups in total. The van der Waals surface area contributed by atoms with Crippen LogP contribution in [0.5, 0.6) is 17.2 Å². The van der Waals surface area contributed by atoms with Gasteiger partial charge < -0.3 is 39.3 Å². The fraction of sp³-hybridized carbons (Fsp3) is 0.343. The van der Waals surface area contributed by atoms with Crippen LogP contribution in [0.4, 0.5) is 0 Å². The SMILES string of the molecule is C=CCOc1ccccc1.C=CCc1ccc(O)c(OC)c1.C=CCc1ccccc1.C=Cc1ccccc1.C=Cc1ccccc1.C[SiH](O[Si](C)(C)C)O[Si](C)(C)O[Si](C)(C)C.C[Si](C)(C)O[Si](C)(C)O[Si](C)(CCc1ccccc1)O[Si](C)(C)C. The van der Waals surface area contributed by atoms with Crippen LogP contribution in [0.15, 0.2) is 221 Å². The predicted molar refractivity (Wildman–Crippen MR) is 399 cm³/mol. The Morgan fingerprint density at radius 3 is 1.21 bits per heavy atom. The number of allylic oxidation sites excluding steroid dienone is 2. The van der Waals surface area contributed by atoms with Gasteiger partial charge in [0.1, 0.15) is 12.4 Å². The van der Waals surface area contributed by atoms with Crippen LogP contribution in [0, 0.1) is 0 Å². The van der Waals surface area contributed by atoms with Crippen LogP contribution in [0.2, 0.25) is 124 Å². The van der Waals surface area contributed by atoms with Gasteiger partial charge in [0.05, 0.1) is 7.11 Å². The summed E-state index contributed by atoms with van der Waals surface area (Å²) >= 11 is 0. The highest BCUT2D eigenvalue weighted by molar-refractivity contribution is 6.89. The zero-order valence-electron chi connectivity index (χ0n) is 56.9. The molecule has 0 fully saturated rings. The van der Waals surface area contributed by atoms with Crippen molar-refractivity contribution in [3.8, 4) is 17.2 Å². The summed E-state index contributed by atoms with van der Waals surface area (Å²) in [7, 11) is -12.7. The molecule has 0 aromatic heterocycles. The summed E-state index contributed by atoms with van der Waals surface area (Å²) in [6.07, 6.45) is 11.9. The molecule has 0 saturated heterocycles. The summed E-state index contributed by atoms with van der Waals surface area (Å²) in [5, 5.41) is 9.25. The van der Waals surface area contributed by atoms with Crippen molar-refractivity contribution in [1.29, 1.82) is 0 Å². The molecular formula is C70H112O9Si8. The monoisotopic (exact) mass is 1320 g/mol. The molecule has 6 aromatic carbocycles. The molecule has 17 heteroatoms. The van der Waals surface area contributed by atoms with Gasteiger partial charge in [0.25, 0.3) is 9.28 Å². The molecule has 0 aliphatic carbocycles. The second-order valence-electron chi connectivity index (χ2n) is 25.2. The molecule has 0 radical (unpaired) electrons. The van der Waals surface area contributed by atoms with Crippen molar-refractivity contribution in [3.63, 3.8) is 0 Å². The van der Waals surface area contributed by atoms with Crippen molar-refractivity contribution in [2.45, 2.75) is 143 Å². The van der Waals surface area contributed by atoms with E-state index < -0.39 is 68.2 Å². The third kappa shape index (κ3) is 46.7. The Morgan fingerprint density at radius 1 is 0.425 bits per heavy atom. The zero-order valence-corrected chi connectivity index (χ0v) is 65.1. The second-order valence-corrected chi connectivity index (χ2v) is 56.8. The molecule has 6 rings (SSSR count). The van der Waals surface area contributed by atoms with E-state index in [1.54, 1.807) is 18.2 Å². The number of benzene rings is 6. The normalized spacial score (nSPS) is 12.2. The van der Waals surface area contributed by atoms with Gasteiger partial charge in [-0.1, -0.05) is 196 Å². The lowest BCUT2D eigenvalue weighted by atomic mass is 10.1. The van der Waals surface area contributed by atoms with E-state index in [4.69, 9.17) is 34.2 Å². The van der Waals surface area contributed by atoms with Gasteiger partial charge in [-0.15, -0.1) is 13.2 Å². The molecule has 0 bridgehead atoms. The third-order valence-electron chi connectivity index (χ3n) is 10.8. The number of para-hydroxylation sites is 1. The van der Waals surface area contributed by atoms with Gasteiger partial charge in [0, 0.05) is 0 Å². The van der Waals surface area contributed by atoms with E-state index >= 15 is 0 Å². The summed E-state index contributed by atoms with van der Waals surface area (Å²) in [5.74, 6) is 1.57. The number of hydrogen-bond acceptors (Lipinski definition) is 9. The highest BCUT2D eigenvalue weighted by Crippen LogP contribution is 2.29. The van der Waals surface area contributed by atoms with E-state index in [1.807, 2.05) is 140 Å². The average Bonchev–Trinajstić information content (AvgIpc) is 2.03. The first kappa shape index (κ1) is 81.9. The molecule has 87 heavy (non-hydrogen) atoms. The first-order chi connectivity index (χ1) is 40.5. The summed E-state index contributed by atoms with van der Waals surface area (Å²) in [6, 6.07) is 56.9. The molecule has 9 nitrogen and oxygen atoms in total. The van der Waals surface area contributed by atoms with Crippen LogP contribution in [-0.2, 0) is 44.0 Å². The molecule has 0 spiro atoms. The number of aryl methyl sites for hydroxylation is 1. The minimum absolute atomic E-state index is 0.172. The molecule has 2 unspecified atom stereocenters. The van der Waals surface area contributed by atoms with Gasteiger partial charge >= 0.3 is 25.7 Å². The molecule has 0 saturated carbocycles. The number of phenols is 1. The van der Waals surface area contributed by atoms with E-state index in [0.29, 0.717) is 12.4 Å². The average molecular weight is 1320 g/mol. The largest absolute Gasteiger partial charge is 0.504 e. The molecule has 2 atom stereocenters. The number of hydrogen-bond donors (Lipinski definition) is 1. The Bertz CT molecular complexity index is 2720. The Morgan fingerprint density at radius 2 is 0.828 bits per heavy atom. The third-order valence-corrected chi connectivity index (χ3v) is 36.4. The molecular weight excluding hydrogens is 1210 g/mol. The summed E-state index contributed by atoms with van der Waals surface area (Å²) in [5.41, 5.74) is 6.11. The van der Waals surface area contributed by atoms with Crippen molar-refractivity contribution in [1.82, 2.24) is 0 Å². The number of aromatic hydroxyl groups is 1. The maximum absolute atomic E-state index is 9.25. The predicted octanol–water partition coefficient (Wildman–Crippen LogP) is 20.4. The summed E-state index contributed by atoms with van der Waals surface area (Å²) < 4.78 is 48.2. The number of phenolic OH excluding ortho intramolecular Hbond substituents is 1. The van der Waals surface area contributed by atoms with Crippen LogP contribution in [-0.4, -0.2) is 87.1 Å². The lowest BCUT2D eigenvalue weighted by Gasteiger charge is -2.41. The van der Waals surface area contributed by atoms with Crippen LogP contribution in [0.25, 0.3) is 12.2 Å². The quantitative estimate of drug-likeness (QED) is 0.0444. The van der Waals surface area contributed by atoms with E-state index in [1.165, 1.54) is 29.4 Å². The van der Waals surface area contributed by atoms with E-state index in [9.17, 15) is 5.11 Å². The minimum atomic E-state index is -2.28. The zero-order chi connectivity index (χ0) is 66.2. The van der Waals surface area contributed by atoms with Crippen LogP contribution in [0.1, 0.15) is 27.8 Å². The summed E-state index contributed by atoms with van der Waals surface area (Å²) in [6.45, 7) is 58.3. The summed E-state index contributed by atoms with van der Waals surface area (Å²) in [4.78, 5) is 0.